The number of aliphatic carboxylic acids is 1. The Morgan fingerprint density at radius 2 is 1.89 bits per heavy atom. The van der Waals surface area contributed by atoms with Crippen molar-refractivity contribution >= 4 is 17.8 Å². The van der Waals surface area contributed by atoms with Crippen molar-refractivity contribution in [3.63, 3.8) is 0 Å². The third kappa shape index (κ3) is 6.05. The fourth-order valence-electron chi connectivity index (χ4n) is 1.18. The van der Waals surface area contributed by atoms with Gasteiger partial charge in [0.1, 0.15) is 12.3 Å². The number of hydrogen-bond acceptors (Lipinski definition) is 5. The number of rotatable bonds is 7. The predicted molar refractivity (Wildman–Crippen MR) is 61.3 cm³/mol. The van der Waals surface area contributed by atoms with Crippen LogP contribution in [0.25, 0.3) is 0 Å². The van der Waals surface area contributed by atoms with Crippen molar-refractivity contribution in [2.24, 2.45) is 0 Å². The number of carbonyl (C=O) groups excluding carboxylic acids is 2. The van der Waals surface area contributed by atoms with Crippen molar-refractivity contribution in [2.45, 2.75) is 12.8 Å². The number of aromatic nitrogens is 1. The van der Waals surface area contributed by atoms with E-state index in [1.165, 1.54) is 6.07 Å². The molecule has 9 heteroatoms. The Balaban J connectivity index is 2.19. The summed E-state index contributed by atoms with van der Waals surface area (Å²) in [5.41, 5.74) is -0.386. The lowest BCUT2D eigenvalue weighted by Crippen LogP contribution is -2.39. The van der Waals surface area contributed by atoms with Crippen LogP contribution in [0.4, 0.5) is 0 Å². The third-order valence-corrected chi connectivity index (χ3v) is 2.06. The van der Waals surface area contributed by atoms with Gasteiger partial charge in [0, 0.05) is 18.9 Å². The normalized spacial score (nSPS) is 9.89. The van der Waals surface area contributed by atoms with Crippen LogP contribution in [0.15, 0.2) is 15.4 Å². The molecule has 1 aromatic heterocycles. The van der Waals surface area contributed by atoms with Crippen molar-refractivity contribution in [3.8, 4) is 0 Å². The van der Waals surface area contributed by atoms with Gasteiger partial charge in [-0.25, -0.2) is 0 Å². The lowest BCUT2D eigenvalue weighted by Gasteiger charge is -2.04. The molecule has 1 rings (SSSR count). The van der Waals surface area contributed by atoms with Gasteiger partial charge in [0.15, 0.2) is 0 Å². The first-order valence-electron chi connectivity index (χ1n) is 5.40. The summed E-state index contributed by atoms with van der Waals surface area (Å²) in [5.74, 6) is -1.82. The molecule has 0 aliphatic rings. The SMILES string of the molecule is O=C(O)CNC(=O)CNC(=O)CCc1cc(=O)[nH]o1. The Hall–Kier alpha value is -2.58. The Morgan fingerprint density at radius 3 is 2.47 bits per heavy atom. The summed E-state index contributed by atoms with van der Waals surface area (Å²) >= 11 is 0. The summed E-state index contributed by atoms with van der Waals surface area (Å²) in [6.45, 7) is -0.799. The summed E-state index contributed by atoms with van der Waals surface area (Å²) < 4.78 is 4.74. The van der Waals surface area contributed by atoms with Gasteiger partial charge in [0.25, 0.3) is 5.56 Å². The van der Waals surface area contributed by atoms with Crippen LogP contribution in [0.1, 0.15) is 12.2 Å². The average Bonchev–Trinajstić information content (AvgIpc) is 2.77. The Bertz CT molecular complexity index is 517. The van der Waals surface area contributed by atoms with Gasteiger partial charge in [-0.15, -0.1) is 0 Å². The molecule has 1 heterocycles. The highest BCUT2D eigenvalue weighted by Crippen LogP contribution is 1.97. The number of carbonyl (C=O) groups is 3. The quantitative estimate of drug-likeness (QED) is 0.462. The molecule has 0 aromatic carbocycles. The van der Waals surface area contributed by atoms with Crippen LogP contribution in [0.2, 0.25) is 0 Å². The maximum atomic E-state index is 11.3. The van der Waals surface area contributed by atoms with Gasteiger partial charge < -0.3 is 20.3 Å². The second-order valence-corrected chi connectivity index (χ2v) is 3.63. The molecular weight excluding hydrogens is 258 g/mol. The zero-order valence-corrected chi connectivity index (χ0v) is 9.89. The molecule has 0 bridgehead atoms. The van der Waals surface area contributed by atoms with E-state index >= 15 is 0 Å². The maximum Gasteiger partial charge on any atom is 0.322 e. The fourth-order valence-corrected chi connectivity index (χ4v) is 1.18. The van der Waals surface area contributed by atoms with Crippen LogP contribution < -0.4 is 16.2 Å². The van der Waals surface area contributed by atoms with Crippen molar-refractivity contribution in [1.29, 1.82) is 0 Å². The van der Waals surface area contributed by atoms with E-state index in [1.54, 1.807) is 0 Å². The molecule has 0 saturated carbocycles. The molecule has 104 valence electrons. The van der Waals surface area contributed by atoms with Crippen LogP contribution in [-0.4, -0.2) is 41.1 Å². The molecule has 0 atom stereocenters. The van der Waals surface area contributed by atoms with Gasteiger partial charge in [-0.2, -0.15) is 5.16 Å². The first-order valence-corrected chi connectivity index (χ1v) is 5.40. The molecule has 0 unspecified atom stereocenters. The van der Waals surface area contributed by atoms with Gasteiger partial charge >= 0.3 is 5.97 Å². The van der Waals surface area contributed by atoms with Gasteiger partial charge in [0.2, 0.25) is 11.8 Å². The van der Waals surface area contributed by atoms with Crippen LogP contribution in [0, 0.1) is 0 Å². The number of carboxylic acids is 1. The first kappa shape index (κ1) is 14.5. The molecule has 0 aliphatic carbocycles. The van der Waals surface area contributed by atoms with Crippen LogP contribution >= 0.6 is 0 Å². The Labute approximate surface area is 106 Å². The number of aromatic amines is 1. The molecule has 9 nitrogen and oxygen atoms in total. The highest BCUT2D eigenvalue weighted by atomic mass is 16.5. The number of aryl methyl sites for hydroxylation is 1. The fraction of sp³-hybridized carbons (Fsp3) is 0.400. The molecule has 2 amide bonds. The minimum absolute atomic E-state index is 0.0486. The van der Waals surface area contributed by atoms with Crippen molar-refractivity contribution < 1.29 is 24.0 Å². The van der Waals surface area contributed by atoms with E-state index in [4.69, 9.17) is 9.63 Å². The van der Waals surface area contributed by atoms with Crippen LogP contribution in [0.3, 0.4) is 0 Å². The molecule has 0 radical (unpaired) electrons. The molecule has 1 aromatic rings. The topological polar surface area (TPSA) is 142 Å². The molecular formula is C10H13N3O6. The van der Waals surface area contributed by atoms with E-state index in [9.17, 15) is 19.2 Å². The van der Waals surface area contributed by atoms with Crippen molar-refractivity contribution in [2.75, 3.05) is 13.1 Å². The van der Waals surface area contributed by atoms with E-state index in [0.717, 1.165) is 0 Å². The maximum absolute atomic E-state index is 11.3. The summed E-state index contributed by atoms with van der Waals surface area (Å²) in [7, 11) is 0. The van der Waals surface area contributed by atoms with E-state index in [1.807, 2.05) is 0 Å². The smallest absolute Gasteiger partial charge is 0.322 e. The molecule has 0 saturated heterocycles. The Morgan fingerprint density at radius 1 is 1.21 bits per heavy atom. The molecule has 0 spiro atoms. The molecule has 4 N–H and O–H groups in total. The lowest BCUT2D eigenvalue weighted by atomic mass is 10.2. The van der Waals surface area contributed by atoms with Gasteiger partial charge in [-0.05, 0) is 0 Å². The third-order valence-electron chi connectivity index (χ3n) is 2.06. The highest BCUT2D eigenvalue weighted by molar-refractivity contribution is 5.86. The number of H-pyrrole nitrogens is 1. The lowest BCUT2D eigenvalue weighted by molar-refractivity contribution is -0.137. The zero-order valence-electron chi connectivity index (χ0n) is 9.89. The van der Waals surface area contributed by atoms with Gasteiger partial charge in [-0.1, -0.05) is 0 Å². The largest absolute Gasteiger partial charge is 0.480 e. The summed E-state index contributed by atoms with van der Waals surface area (Å²) in [6.07, 6.45) is 0.272. The van der Waals surface area contributed by atoms with Gasteiger partial charge in [0.05, 0.1) is 6.54 Å². The second kappa shape index (κ2) is 6.99. The molecule has 0 fully saturated rings. The first-order chi connectivity index (χ1) is 8.97. The predicted octanol–water partition coefficient (Wildman–Crippen LogP) is -1.78. The molecule has 0 aliphatic heterocycles. The van der Waals surface area contributed by atoms with Crippen LogP contribution in [-0.2, 0) is 20.8 Å². The highest BCUT2D eigenvalue weighted by Gasteiger charge is 2.08. The number of nitrogens with one attached hydrogen (secondary N) is 3. The summed E-state index contributed by atoms with van der Waals surface area (Å²) in [6, 6.07) is 1.23. The second-order valence-electron chi connectivity index (χ2n) is 3.63. The van der Waals surface area contributed by atoms with Crippen LogP contribution in [0.5, 0.6) is 0 Å². The monoisotopic (exact) mass is 271 g/mol. The number of amides is 2. The van der Waals surface area contributed by atoms with Crippen molar-refractivity contribution in [3.05, 3.63) is 22.2 Å². The molecule has 19 heavy (non-hydrogen) atoms. The van der Waals surface area contributed by atoms with Gasteiger partial charge in [-0.3, -0.25) is 19.2 Å². The van der Waals surface area contributed by atoms with E-state index in [-0.39, 0.29) is 24.9 Å². The Kier molecular flexibility index (Phi) is 5.33. The number of carboxylic acid groups (broad SMARTS) is 1. The standard InChI is InChI=1S/C10H13N3O6/c14-7(2-1-6-3-8(15)13-19-6)11-4-9(16)12-5-10(17)18/h3H,1-2,4-5H2,(H,11,14)(H,12,16)(H,13,15)(H,17,18). The summed E-state index contributed by atoms with van der Waals surface area (Å²) in [5, 5.41) is 14.8. The average molecular weight is 271 g/mol. The van der Waals surface area contributed by atoms with E-state index in [0.29, 0.717) is 5.76 Å². The van der Waals surface area contributed by atoms with E-state index < -0.39 is 24.3 Å². The minimum atomic E-state index is -1.16. The number of hydrogen-bond donors (Lipinski definition) is 4. The van der Waals surface area contributed by atoms with Crippen molar-refractivity contribution in [1.82, 2.24) is 15.8 Å². The van der Waals surface area contributed by atoms with E-state index in [2.05, 4.69) is 15.8 Å². The minimum Gasteiger partial charge on any atom is -0.480 e. The summed E-state index contributed by atoms with van der Waals surface area (Å²) in [4.78, 5) is 43.3. The zero-order chi connectivity index (χ0) is 14.3.